The Morgan fingerprint density at radius 1 is 0.971 bits per heavy atom. The van der Waals surface area contributed by atoms with Crippen LogP contribution in [0.25, 0.3) is 11.2 Å². The summed E-state index contributed by atoms with van der Waals surface area (Å²) in [6, 6.07) is 0. The van der Waals surface area contributed by atoms with Crippen molar-refractivity contribution in [1.82, 2.24) is 19.5 Å². The van der Waals surface area contributed by atoms with E-state index in [1.807, 2.05) is 4.57 Å². The van der Waals surface area contributed by atoms with Gasteiger partial charge in [-0.3, -0.25) is 4.57 Å². The summed E-state index contributed by atoms with van der Waals surface area (Å²) in [5, 5.41) is 0. The molecule has 2 fully saturated rings. The molecule has 0 spiro atoms. The number of anilines is 1. The van der Waals surface area contributed by atoms with E-state index in [1.165, 1.54) is 6.33 Å². The number of hydrogen-bond donors (Lipinski definition) is 1. The summed E-state index contributed by atoms with van der Waals surface area (Å²) in [4.78, 5) is 13.0. The van der Waals surface area contributed by atoms with Gasteiger partial charge < -0.3 is 23.4 Å². The number of aromatic nitrogens is 4. The van der Waals surface area contributed by atoms with Gasteiger partial charge in [-0.05, 0) is 38.1 Å². The molecule has 2 saturated heterocycles. The van der Waals surface area contributed by atoms with Crippen LogP contribution in [0.3, 0.4) is 0 Å². The van der Waals surface area contributed by atoms with Crippen molar-refractivity contribution in [3.8, 4) is 0 Å². The molecule has 0 amide bonds. The minimum absolute atomic E-state index is 0.142. The summed E-state index contributed by atoms with van der Waals surface area (Å²) in [5.41, 5.74) is 8.37. The van der Waals surface area contributed by atoms with E-state index in [0.29, 0.717) is 45.8 Å². The van der Waals surface area contributed by atoms with Crippen molar-refractivity contribution in [2.75, 3.05) is 12.3 Å². The van der Waals surface area contributed by atoms with Gasteiger partial charge in [0.05, 0.1) is 12.7 Å². The third-order valence-corrected chi connectivity index (χ3v) is 18.1. The number of imidazole rings is 1. The zero-order chi connectivity index (χ0) is 25.0. The lowest BCUT2D eigenvalue weighted by Gasteiger charge is -2.51. The number of ether oxygens (including phenoxy) is 1. The third-order valence-electron chi connectivity index (χ3n) is 7.28. The van der Waals surface area contributed by atoms with Crippen LogP contribution in [0.1, 0.15) is 68.0 Å². The number of halogens is 1. The first kappa shape index (κ1) is 26.2. The first-order valence-corrected chi connectivity index (χ1v) is 17.0. The largest absolute Gasteiger partial charge is 0.414 e. The normalized spacial score (nSPS) is 27.0. The van der Waals surface area contributed by atoms with Crippen LogP contribution >= 0.6 is 15.9 Å². The van der Waals surface area contributed by atoms with E-state index in [0.717, 1.165) is 0 Å². The molecule has 2 aliphatic heterocycles. The number of nitrogens with two attached hydrogens (primary N) is 1. The fraction of sp³-hybridized carbons (Fsp3) is 0.773. The van der Waals surface area contributed by atoms with Gasteiger partial charge in [0.15, 0.2) is 21.7 Å². The molecule has 4 rings (SSSR count). The van der Waals surface area contributed by atoms with Crippen LogP contribution in [0, 0.1) is 0 Å². The summed E-state index contributed by atoms with van der Waals surface area (Å²) in [6.45, 7) is 18.3. The zero-order valence-corrected chi connectivity index (χ0v) is 25.0. The number of nitrogen functional groups attached to an aromatic ring is 1. The first-order valence-electron chi connectivity index (χ1n) is 12.2. The van der Waals surface area contributed by atoms with Crippen molar-refractivity contribution >= 4 is 50.0 Å². The number of hydrogen-bond acceptors (Lipinski definition) is 8. The van der Waals surface area contributed by atoms with E-state index in [4.69, 9.17) is 23.4 Å². The van der Waals surface area contributed by atoms with Gasteiger partial charge >= 0.3 is 17.1 Å². The Balaban J connectivity index is 1.75. The van der Waals surface area contributed by atoms with Crippen molar-refractivity contribution < 1.29 is 17.7 Å². The molecule has 12 heteroatoms. The summed E-state index contributed by atoms with van der Waals surface area (Å²) < 4.78 is 30.4. The molecule has 0 unspecified atom stereocenters. The predicted octanol–water partition coefficient (Wildman–Crippen LogP) is 5.41. The lowest BCUT2D eigenvalue weighted by molar-refractivity contribution is -0.0550. The second-order valence-corrected chi connectivity index (χ2v) is 20.2. The zero-order valence-electron chi connectivity index (χ0n) is 21.4. The average Bonchev–Trinajstić information content (AvgIpc) is 3.27. The SMILES string of the molecule is CC(C)[Si]1(C(C)C)OC[C@H]2O[C@@H](n3c(Br)nc4c(N)ncnc43)C[C@@H]2O[Si](C(C)C)(C(C)C)O1. The maximum atomic E-state index is 7.27. The molecule has 190 valence electrons. The molecule has 0 aliphatic carbocycles. The van der Waals surface area contributed by atoms with Crippen LogP contribution in [0.15, 0.2) is 11.1 Å². The van der Waals surface area contributed by atoms with Crippen LogP contribution in [-0.4, -0.2) is 55.5 Å². The van der Waals surface area contributed by atoms with Crippen LogP contribution in [0.2, 0.25) is 22.2 Å². The molecular formula is C22H38BrN5O4Si2. The molecule has 2 N–H and O–H groups in total. The molecule has 34 heavy (non-hydrogen) atoms. The molecule has 4 heterocycles. The summed E-state index contributed by atoms with van der Waals surface area (Å²) >= 11 is 3.58. The summed E-state index contributed by atoms with van der Waals surface area (Å²) in [6.07, 6.45) is 1.44. The molecule has 0 radical (unpaired) electrons. The highest BCUT2D eigenvalue weighted by Crippen LogP contribution is 2.48. The fourth-order valence-electron chi connectivity index (χ4n) is 5.45. The number of rotatable bonds is 5. The van der Waals surface area contributed by atoms with Gasteiger partial charge in [-0.15, -0.1) is 0 Å². The topological polar surface area (TPSA) is 107 Å². The highest BCUT2D eigenvalue weighted by atomic mass is 79.9. The minimum atomic E-state index is -2.68. The van der Waals surface area contributed by atoms with Gasteiger partial charge in [0, 0.05) is 6.42 Å². The van der Waals surface area contributed by atoms with Crippen molar-refractivity contribution in [3.05, 3.63) is 11.1 Å². The molecular weight excluding hydrogens is 534 g/mol. The second kappa shape index (κ2) is 9.52. The van der Waals surface area contributed by atoms with E-state index in [1.54, 1.807) is 0 Å². The van der Waals surface area contributed by atoms with Gasteiger partial charge in [-0.2, -0.15) is 0 Å². The van der Waals surface area contributed by atoms with Gasteiger partial charge in [0.2, 0.25) is 0 Å². The molecule has 0 saturated carbocycles. The Kier molecular flexibility index (Phi) is 7.33. The minimum Gasteiger partial charge on any atom is -0.414 e. The van der Waals surface area contributed by atoms with Crippen LogP contribution < -0.4 is 5.73 Å². The predicted molar refractivity (Wildman–Crippen MR) is 140 cm³/mol. The van der Waals surface area contributed by atoms with Crippen molar-refractivity contribution in [2.24, 2.45) is 0 Å². The van der Waals surface area contributed by atoms with E-state index in [-0.39, 0.29) is 29.5 Å². The lowest BCUT2D eigenvalue weighted by Crippen LogP contribution is -2.65. The van der Waals surface area contributed by atoms with Gasteiger partial charge in [-0.1, -0.05) is 55.4 Å². The van der Waals surface area contributed by atoms with E-state index >= 15 is 0 Å². The molecule has 0 bridgehead atoms. The van der Waals surface area contributed by atoms with E-state index in [9.17, 15) is 0 Å². The molecule has 2 aromatic heterocycles. The van der Waals surface area contributed by atoms with E-state index < -0.39 is 17.1 Å². The average molecular weight is 573 g/mol. The molecule has 9 nitrogen and oxygen atoms in total. The quantitative estimate of drug-likeness (QED) is 0.374. The Morgan fingerprint density at radius 2 is 1.59 bits per heavy atom. The van der Waals surface area contributed by atoms with Gasteiger partial charge in [0.1, 0.15) is 18.7 Å². The Morgan fingerprint density at radius 3 is 2.18 bits per heavy atom. The number of nitrogens with zero attached hydrogens (tertiary/aromatic N) is 4. The maximum Gasteiger partial charge on any atom is 0.335 e. The van der Waals surface area contributed by atoms with Crippen molar-refractivity contribution in [3.63, 3.8) is 0 Å². The highest BCUT2D eigenvalue weighted by Gasteiger charge is 2.60. The molecule has 2 aliphatic rings. The van der Waals surface area contributed by atoms with E-state index in [2.05, 4.69) is 86.3 Å². The Labute approximate surface area is 212 Å². The molecule has 0 aromatic carbocycles. The lowest BCUT2D eigenvalue weighted by atomic mass is 10.2. The monoisotopic (exact) mass is 571 g/mol. The van der Waals surface area contributed by atoms with Crippen molar-refractivity contribution in [1.29, 1.82) is 0 Å². The number of fused-ring (bicyclic) bond motifs is 2. The standard InChI is InChI=1S/C22H38BrN5O4Si2/c1-12(2)33(13(3)4)29-10-17-16(31-34(32-33,14(5)6)15(7)8)9-18(30-17)28-21-19(27-22(28)23)20(24)25-11-26-21/h11-18H,9-10H2,1-8H3,(H2,24,25,26)/t16-,17+,18+/m0/s1. The highest BCUT2D eigenvalue weighted by molar-refractivity contribution is 9.10. The summed E-state index contributed by atoms with van der Waals surface area (Å²) in [5.74, 6) is 0.345. The first-order chi connectivity index (χ1) is 15.9. The Bertz CT molecular complexity index is 1020. The maximum absolute atomic E-state index is 7.27. The molecule has 3 atom stereocenters. The van der Waals surface area contributed by atoms with Crippen LogP contribution in [0.4, 0.5) is 5.82 Å². The van der Waals surface area contributed by atoms with Crippen molar-refractivity contribution in [2.45, 2.75) is 102 Å². The third kappa shape index (κ3) is 4.18. The van der Waals surface area contributed by atoms with Crippen LogP contribution in [-0.2, 0) is 17.7 Å². The van der Waals surface area contributed by atoms with Gasteiger partial charge in [-0.25, -0.2) is 15.0 Å². The van der Waals surface area contributed by atoms with Crippen LogP contribution in [0.5, 0.6) is 0 Å². The fourth-order valence-corrected chi connectivity index (χ4v) is 17.2. The Hall–Kier alpha value is -0.896. The summed E-state index contributed by atoms with van der Waals surface area (Å²) in [7, 11) is -5.28. The second-order valence-electron chi connectivity index (χ2n) is 10.7. The molecule has 2 aromatic rings. The van der Waals surface area contributed by atoms with Gasteiger partial charge in [0.25, 0.3) is 0 Å². The smallest absolute Gasteiger partial charge is 0.335 e.